The number of hydrogen-bond donors (Lipinski definition) is 4. The maximum Gasteiger partial charge on any atom is 0.355 e. The van der Waals surface area contributed by atoms with E-state index in [9.17, 15) is 52.7 Å². The third-order valence-electron chi connectivity index (χ3n) is 14.2. The van der Waals surface area contributed by atoms with E-state index in [4.69, 9.17) is 47.4 Å². The SMILES string of the molecule is COC(=O)CCC1=C(CC(=O)OC)C(Cc2[nH]c(C(=O)OCC(Br)(Br)Br)c(CC(=O)OC)c2CCC(=O)OC)(Cc2[nH]c(C(=O)c3[nH]c(C(=O)OCc4ccccc4)c(CCC(=O)OC)c3CC(=O)OC)c(CCC(=O)OC)c2CC(=O)OC)NC1=O. The van der Waals surface area contributed by atoms with Gasteiger partial charge in [-0.2, -0.15) is 0 Å². The molecule has 0 aliphatic carbocycles. The average molecular weight is 1410 g/mol. The Kier molecular flexibility index (Phi) is 25.8. The monoisotopic (exact) mass is 1410 g/mol. The fourth-order valence-electron chi connectivity index (χ4n) is 9.97. The van der Waals surface area contributed by atoms with Gasteiger partial charge in [-0.3, -0.25) is 47.9 Å². The Bertz CT molecular complexity index is 3320. The number of nitrogens with one attached hydrogen (secondary N) is 4. The van der Waals surface area contributed by atoms with Crippen LogP contribution in [-0.2, 0) is 148 Å². The molecule has 1 atom stereocenters. The molecule has 470 valence electrons. The molecule has 5 rings (SSSR count). The third-order valence-corrected chi connectivity index (χ3v) is 14.9. The highest BCUT2D eigenvalue weighted by Gasteiger charge is 2.48. The molecule has 0 bridgehead atoms. The standard InChI is InChI=1S/C58H65Br3N4O22/c1-78-41(66)18-14-31-36(23-46(71)83-6)52(56(77)87-29-58(59,60)61)63-39(31)26-57(38(25-48(73)85-8)34(54(75)65-57)17-21-44(69)81-4)27-40-35(22-45(70)82-5)32(15-19-42(67)79-2)49(62-40)53(74)50-37(24-47(72)84-7)33(16-20-43(68)80-3)51(64-50)55(76)86-28-30-12-10-9-11-13-30/h9-13,62-64H,14-29H2,1-8H3,(H,65,75). The van der Waals surface area contributed by atoms with Gasteiger partial charge in [0.2, 0.25) is 11.7 Å². The van der Waals surface area contributed by atoms with E-state index in [0.717, 1.165) is 56.9 Å². The molecule has 87 heavy (non-hydrogen) atoms. The lowest BCUT2D eigenvalue weighted by Crippen LogP contribution is -2.49. The number of aromatic nitrogens is 3. The average Bonchev–Trinajstić information content (AvgIpc) is 1.71. The van der Waals surface area contributed by atoms with E-state index in [-0.39, 0.29) is 131 Å². The predicted molar refractivity (Wildman–Crippen MR) is 313 cm³/mol. The molecule has 1 aromatic carbocycles. The predicted octanol–water partition coefficient (Wildman–Crippen LogP) is 5.18. The number of alkyl halides is 3. The number of hydrogen-bond acceptors (Lipinski definition) is 22. The van der Waals surface area contributed by atoms with Crippen LogP contribution in [0.2, 0.25) is 0 Å². The molecule has 4 heterocycles. The fraction of sp³-hybridized carbons (Fsp3) is 0.448. The lowest BCUT2D eigenvalue weighted by Gasteiger charge is -2.33. The van der Waals surface area contributed by atoms with Crippen LogP contribution < -0.4 is 5.32 Å². The van der Waals surface area contributed by atoms with E-state index in [1.807, 2.05) is 0 Å². The maximum absolute atomic E-state index is 15.8. The highest BCUT2D eigenvalue weighted by atomic mass is 80.0. The number of carbonyl (C=O) groups is 12. The number of benzene rings is 1. The molecule has 0 saturated carbocycles. The van der Waals surface area contributed by atoms with Gasteiger partial charge in [-0.05, 0) is 70.2 Å². The van der Waals surface area contributed by atoms with E-state index in [2.05, 4.69) is 68.1 Å². The van der Waals surface area contributed by atoms with Crippen molar-refractivity contribution < 1.29 is 105 Å². The van der Waals surface area contributed by atoms with Crippen LogP contribution in [0.3, 0.4) is 0 Å². The fourth-order valence-corrected chi connectivity index (χ4v) is 10.3. The van der Waals surface area contributed by atoms with Crippen molar-refractivity contribution in [2.45, 2.75) is 104 Å². The van der Waals surface area contributed by atoms with Gasteiger partial charge in [0.15, 0.2) is 2.14 Å². The van der Waals surface area contributed by atoms with E-state index >= 15 is 4.79 Å². The Morgan fingerprint density at radius 2 is 0.839 bits per heavy atom. The number of methoxy groups -OCH3 is 8. The molecule has 0 spiro atoms. The molecule has 4 aromatic rings. The van der Waals surface area contributed by atoms with Gasteiger partial charge >= 0.3 is 59.7 Å². The minimum absolute atomic E-state index is 0.000641. The van der Waals surface area contributed by atoms with E-state index < -0.39 is 130 Å². The molecule has 1 unspecified atom stereocenters. The van der Waals surface area contributed by atoms with E-state index in [0.29, 0.717) is 5.56 Å². The van der Waals surface area contributed by atoms with Gasteiger partial charge in [0.25, 0.3) is 0 Å². The highest BCUT2D eigenvalue weighted by Crippen LogP contribution is 2.42. The normalized spacial score (nSPS) is 13.7. The quantitative estimate of drug-likeness (QED) is 0.0218. The van der Waals surface area contributed by atoms with Crippen molar-refractivity contribution in [2.24, 2.45) is 0 Å². The highest BCUT2D eigenvalue weighted by molar-refractivity contribution is 9.39. The molecule has 4 N–H and O–H groups in total. The van der Waals surface area contributed by atoms with Crippen molar-refractivity contribution in [3.8, 4) is 0 Å². The van der Waals surface area contributed by atoms with Crippen LogP contribution in [0.4, 0.5) is 0 Å². The Morgan fingerprint density at radius 3 is 1.33 bits per heavy atom. The van der Waals surface area contributed by atoms with Gasteiger partial charge in [0, 0.05) is 55.5 Å². The second-order valence-electron chi connectivity index (χ2n) is 19.4. The number of esters is 10. The van der Waals surface area contributed by atoms with Crippen LogP contribution in [0.15, 0.2) is 41.5 Å². The van der Waals surface area contributed by atoms with Crippen LogP contribution >= 0.6 is 47.8 Å². The lowest BCUT2D eigenvalue weighted by atomic mass is 9.77. The van der Waals surface area contributed by atoms with Crippen molar-refractivity contribution in [3.63, 3.8) is 0 Å². The molecule has 3 aromatic heterocycles. The molecule has 0 fully saturated rings. The molecule has 0 radical (unpaired) electrons. The van der Waals surface area contributed by atoms with Crippen LogP contribution in [0.25, 0.3) is 0 Å². The minimum Gasteiger partial charge on any atom is -0.469 e. The number of amides is 1. The van der Waals surface area contributed by atoms with Crippen LogP contribution in [-0.4, -0.2) is 158 Å². The summed E-state index contributed by atoms with van der Waals surface area (Å²) in [6.45, 7) is -0.588. The number of ketones is 1. The third kappa shape index (κ3) is 18.6. The summed E-state index contributed by atoms with van der Waals surface area (Å²) in [4.78, 5) is 174. The minimum atomic E-state index is -1.98. The Labute approximate surface area is 523 Å². The van der Waals surface area contributed by atoms with Gasteiger partial charge in [-0.25, -0.2) is 9.59 Å². The summed E-state index contributed by atoms with van der Waals surface area (Å²) >= 11 is 9.87. The first kappa shape index (κ1) is 69.8. The first-order valence-corrected chi connectivity index (χ1v) is 29.0. The van der Waals surface area contributed by atoms with Crippen molar-refractivity contribution in [3.05, 3.63) is 115 Å². The van der Waals surface area contributed by atoms with Crippen molar-refractivity contribution in [2.75, 3.05) is 63.5 Å². The molecular weight excluding hydrogens is 1340 g/mol. The van der Waals surface area contributed by atoms with Gasteiger partial charge in [0.05, 0.1) is 99.5 Å². The van der Waals surface area contributed by atoms with Gasteiger partial charge in [-0.1, -0.05) is 78.1 Å². The lowest BCUT2D eigenvalue weighted by molar-refractivity contribution is -0.141. The van der Waals surface area contributed by atoms with Crippen LogP contribution in [0.5, 0.6) is 0 Å². The zero-order valence-corrected chi connectivity index (χ0v) is 53.6. The van der Waals surface area contributed by atoms with Crippen molar-refractivity contribution >= 4 is 119 Å². The van der Waals surface area contributed by atoms with Gasteiger partial charge < -0.3 is 67.6 Å². The smallest absolute Gasteiger partial charge is 0.355 e. The summed E-state index contributed by atoms with van der Waals surface area (Å²) in [6.07, 6.45) is -6.27. The summed E-state index contributed by atoms with van der Waals surface area (Å²) < 4.78 is 50.4. The summed E-state index contributed by atoms with van der Waals surface area (Å²) in [5.74, 6) is -10.2. The van der Waals surface area contributed by atoms with Crippen LogP contribution in [0, 0.1) is 0 Å². The van der Waals surface area contributed by atoms with Crippen LogP contribution in [0.1, 0.15) is 126 Å². The summed E-state index contributed by atoms with van der Waals surface area (Å²) in [7, 11) is 8.93. The van der Waals surface area contributed by atoms with Crippen molar-refractivity contribution in [1.29, 1.82) is 0 Å². The largest absolute Gasteiger partial charge is 0.469 e. The van der Waals surface area contributed by atoms with Gasteiger partial charge in [0.1, 0.15) is 24.6 Å². The topological polar surface area (TPSA) is 357 Å². The van der Waals surface area contributed by atoms with Crippen molar-refractivity contribution in [1.82, 2.24) is 20.3 Å². The second kappa shape index (κ2) is 32.2. The molecule has 1 amide bonds. The number of halogens is 3. The molecule has 0 saturated heterocycles. The molecule has 26 nitrogen and oxygen atoms in total. The number of ether oxygens (including phenoxy) is 10. The van der Waals surface area contributed by atoms with E-state index in [1.165, 1.54) is 0 Å². The number of H-pyrrole nitrogens is 3. The first-order chi connectivity index (χ1) is 41.3. The Hall–Kier alpha value is -7.92. The van der Waals surface area contributed by atoms with Gasteiger partial charge in [-0.15, -0.1) is 0 Å². The first-order valence-electron chi connectivity index (χ1n) is 26.6. The number of aromatic amines is 3. The Balaban J connectivity index is 1.93. The number of carbonyl (C=O) groups excluding carboxylic acids is 12. The summed E-state index contributed by atoms with van der Waals surface area (Å²) in [6, 6.07) is 8.59. The van der Waals surface area contributed by atoms with E-state index in [1.54, 1.807) is 30.3 Å². The Morgan fingerprint density at radius 1 is 0.448 bits per heavy atom. The molecule has 1 aliphatic heterocycles. The molecule has 1 aliphatic rings. The molecular formula is C58H65Br3N4O22. The zero-order chi connectivity index (χ0) is 64.3. The summed E-state index contributed by atoms with van der Waals surface area (Å²) in [5, 5.41) is 3.00. The summed E-state index contributed by atoms with van der Waals surface area (Å²) in [5.41, 5.74) is -2.75. The second-order valence-corrected chi connectivity index (χ2v) is 26.7. The number of rotatable bonds is 31. The zero-order valence-electron chi connectivity index (χ0n) is 48.8. The molecule has 29 heteroatoms. The maximum atomic E-state index is 15.8.